The van der Waals surface area contributed by atoms with Crippen LogP contribution in [0.3, 0.4) is 0 Å². The van der Waals surface area contributed by atoms with Crippen molar-refractivity contribution in [2.45, 2.75) is 5.52 Å². The second-order valence-electron chi connectivity index (χ2n) is 2.53. The molecule has 14 heavy (non-hydrogen) atoms. The van der Waals surface area contributed by atoms with Crippen molar-refractivity contribution in [2.75, 3.05) is 0 Å². The smallest absolute Gasteiger partial charge is 0.323 e. The van der Waals surface area contributed by atoms with Crippen LogP contribution in [0, 0.1) is 0 Å². The van der Waals surface area contributed by atoms with Crippen LogP contribution in [0.5, 0.6) is 0 Å². The van der Waals surface area contributed by atoms with Gasteiger partial charge in [-0.2, -0.15) is 0 Å². The quantitative estimate of drug-likeness (QED) is 0.534. The van der Waals surface area contributed by atoms with Crippen LogP contribution in [0.4, 0.5) is 0 Å². The lowest BCUT2D eigenvalue weighted by Gasteiger charge is -2.20. The molecule has 0 fully saturated rings. The first kappa shape index (κ1) is 11.6. The monoisotopic (exact) mass is 242 g/mol. The van der Waals surface area contributed by atoms with E-state index in [1.807, 2.05) is 0 Å². The number of aromatic nitrogens is 2. The Bertz CT molecular complexity index is 368. The lowest BCUT2D eigenvalue weighted by Crippen LogP contribution is -2.08. The highest BCUT2D eigenvalue weighted by molar-refractivity contribution is 7.69. The Hall–Kier alpha value is -0.490. The fourth-order valence-corrected chi connectivity index (χ4v) is 3.48. The molecule has 0 unspecified atom stereocenters. The molecule has 0 atom stereocenters. The second kappa shape index (κ2) is 3.58. The van der Waals surface area contributed by atoms with Crippen molar-refractivity contribution < 1.29 is 28.7 Å². The molecule has 0 aliphatic rings. The van der Waals surface area contributed by atoms with Crippen molar-refractivity contribution in [1.82, 2.24) is 9.55 Å². The van der Waals surface area contributed by atoms with Crippen LogP contribution in [0.1, 0.15) is 5.52 Å². The van der Waals surface area contributed by atoms with Gasteiger partial charge in [-0.05, 0) is 0 Å². The van der Waals surface area contributed by atoms with E-state index in [4.69, 9.17) is 19.6 Å². The molecule has 0 aliphatic heterocycles. The summed E-state index contributed by atoms with van der Waals surface area (Å²) in [6.07, 6.45) is 3.17. The predicted molar refractivity (Wildman–Crippen MR) is 45.4 cm³/mol. The summed E-state index contributed by atoms with van der Waals surface area (Å²) in [4.78, 5) is 38.5. The zero-order valence-electron chi connectivity index (χ0n) is 6.70. The van der Waals surface area contributed by atoms with E-state index >= 15 is 0 Å². The number of nitrogens with zero attached hydrogens (tertiary/aromatic N) is 2. The maximum absolute atomic E-state index is 10.8. The molecule has 0 aromatic carbocycles. The Balaban J connectivity index is 3.22. The minimum atomic E-state index is -4.93. The first-order valence-corrected chi connectivity index (χ1v) is 6.67. The van der Waals surface area contributed by atoms with Crippen molar-refractivity contribution in [1.29, 1.82) is 0 Å². The molecule has 0 saturated carbocycles. The minimum absolute atomic E-state index is 0.696. The highest BCUT2D eigenvalue weighted by Crippen LogP contribution is 2.67. The zero-order chi connectivity index (χ0) is 11.0. The van der Waals surface area contributed by atoms with Gasteiger partial charge in [0.25, 0.3) is 0 Å². The van der Waals surface area contributed by atoms with E-state index in [1.54, 1.807) is 0 Å². The fourth-order valence-electron chi connectivity index (χ4n) is 0.949. The van der Waals surface area contributed by atoms with Gasteiger partial charge in [-0.15, -0.1) is 0 Å². The van der Waals surface area contributed by atoms with Crippen LogP contribution >= 0.6 is 15.2 Å². The van der Waals surface area contributed by atoms with Gasteiger partial charge in [0.1, 0.15) is 0 Å². The third-order valence-corrected chi connectivity index (χ3v) is 4.93. The molecule has 4 N–H and O–H groups in total. The lowest BCUT2D eigenvalue weighted by atomic mass is 10.9. The van der Waals surface area contributed by atoms with Gasteiger partial charge in [0, 0.05) is 12.4 Å². The Morgan fingerprint density at radius 3 is 1.93 bits per heavy atom. The van der Waals surface area contributed by atoms with Gasteiger partial charge in [-0.25, -0.2) is 4.98 Å². The standard InChI is InChI=1S/C4H8N2O6P2/c7-13(8,9)4(14(10,11)12)6-2-1-5-3-6/h1-4H,(H2,7,8,9)(H2,10,11,12). The Labute approximate surface area is 78.5 Å². The van der Waals surface area contributed by atoms with Gasteiger partial charge in [0.2, 0.25) is 5.52 Å². The van der Waals surface area contributed by atoms with Crippen LogP contribution in [-0.4, -0.2) is 29.1 Å². The zero-order valence-corrected chi connectivity index (χ0v) is 8.49. The predicted octanol–water partition coefficient (Wildman–Crippen LogP) is -0.305. The van der Waals surface area contributed by atoms with Gasteiger partial charge < -0.3 is 24.1 Å². The van der Waals surface area contributed by atoms with E-state index in [0.29, 0.717) is 4.57 Å². The van der Waals surface area contributed by atoms with E-state index in [-0.39, 0.29) is 0 Å². The molecule has 8 nitrogen and oxygen atoms in total. The van der Waals surface area contributed by atoms with Crippen LogP contribution in [-0.2, 0) is 9.13 Å². The van der Waals surface area contributed by atoms with Gasteiger partial charge in [0.05, 0.1) is 6.33 Å². The summed E-state index contributed by atoms with van der Waals surface area (Å²) >= 11 is 0. The van der Waals surface area contributed by atoms with Crippen LogP contribution < -0.4 is 0 Å². The van der Waals surface area contributed by atoms with E-state index in [1.165, 1.54) is 0 Å². The van der Waals surface area contributed by atoms with E-state index in [0.717, 1.165) is 18.7 Å². The highest BCUT2D eigenvalue weighted by atomic mass is 31.2. The second-order valence-corrected chi connectivity index (χ2v) is 6.28. The molecule has 0 saturated heterocycles. The summed E-state index contributed by atoms with van der Waals surface area (Å²) in [7, 11) is -9.85. The van der Waals surface area contributed by atoms with Crippen molar-refractivity contribution in [3.63, 3.8) is 0 Å². The van der Waals surface area contributed by atoms with E-state index < -0.39 is 20.7 Å². The van der Waals surface area contributed by atoms with Gasteiger partial charge in [-0.1, -0.05) is 0 Å². The Kier molecular flexibility index (Phi) is 2.96. The number of rotatable bonds is 3. The first-order chi connectivity index (χ1) is 6.23. The highest BCUT2D eigenvalue weighted by Gasteiger charge is 2.44. The summed E-state index contributed by atoms with van der Waals surface area (Å²) in [5.41, 5.74) is -2.20. The van der Waals surface area contributed by atoms with Crippen molar-refractivity contribution in [3.8, 4) is 0 Å². The van der Waals surface area contributed by atoms with Gasteiger partial charge in [0.15, 0.2) is 0 Å². The number of hydrogen-bond acceptors (Lipinski definition) is 3. The fraction of sp³-hybridized carbons (Fsp3) is 0.250. The molecule has 1 heterocycles. The molecule has 0 radical (unpaired) electrons. The lowest BCUT2D eigenvalue weighted by molar-refractivity contribution is 0.322. The Morgan fingerprint density at radius 2 is 1.64 bits per heavy atom. The minimum Gasteiger partial charge on any atom is -0.323 e. The van der Waals surface area contributed by atoms with E-state index in [9.17, 15) is 9.13 Å². The summed E-state index contributed by atoms with van der Waals surface area (Å²) < 4.78 is 22.4. The van der Waals surface area contributed by atoms with Crippen LogP contribution in [0.15, 0.2) is 18.7 Å². The average Bonchev–Trinajstić information content (AvgIpc) is 2.31. The van der Waals surface area contributed by atoms with E-state index in [2.05, 4.69) is 4.98 Å². The molecule has 0 spiro atoms. The number of imidazole rings is 1. The normalized spacial score (nSPS) is 13.5. The molecule has 0 aliphatic carbocycles. The molecule has 0 bridgehead atoms. The summed E-state index contributed by atoms with van der Waals surface area (Å²) in [5.74, 6) is 0. The van der Waals surface area contributed by atoms with Crippen molar-refractivity contribution in [2.24, 2.45) is 0 Å². The first-order valence-electron chi connectivity index (χ1n) is 3.31. The van der Waals surface area contributed by atoms with Crippen LogP contribution in [0.25, 0.3) is 0 Å². The van der Waals surface area contributed by atoms with Crippen LogP contribution in [0.2, 0.25) is 0 Å². The van der Waals surface area contributed by atoms with Gasteiger partial charge >= 0.3 is 15.2 Å². The number of hydrogen-bond donors (Lipinski definition) is 4. The molecule has 80 valence electrons. The van der Waals surface area contributed by atoms with Crippen molar-refractivity contribution >= 4 is 15.2 Å². The third kappa shape index (κ3) is 2.51. The maximum Gasteiger partial charge on any atom is 0.360 e. The largest absolute Gasteiger partial charge is 0.360 e. The topological polar surface area (TPSA) is 133 Å². The molecule has 10 heteroatoms. The molecule has 1 rings (SSSR count). The summed E-state index contributed by atoms with van der Waals surface area (Å²) in [6, 6.07) is 0. The molecule has 1 aromatic heterocycles. The molecule has 0 amide bonds. The molecule has 1 aromatic rings. The molecular weight excluding hydrogens is 234 g/mol. The third-order valence-electron chi connectivity index (χ3n) is 1.39. The average molecular weight is 242 g/mol. The van der Waals surface area contributed by atoms with Gasteiger partial charge in [-0.3, -0.25) is 9.13 Å². The molecular formula is C4H8N2O6P2. The summed E-state index contributed by atoms with van der Waals surface area (Å²) in [5, 5.41) is 0. The van der Waals surface area contributed by atoms with Crippen molar-refractivity contribution in [3.05, 3.63) is 18.7 Å². The Morgan fingerprint density at radius 1 is 1.14 bits per heavy atom. The maximum atomic E-state index is 10.8. The SMILES string of the molecule is O=P(O)(O)C(n1ccnc1)P(=O)(O)O. The summed E-state index contributed by atoms with van der Waals surface area (Å²) in [6.45, 7) is 0.